The van der Waals surface area contributed by atoms with Crippen molar-refractivity contribution in [1.29, 1.82) is 0 Å². The number of nitrogens with one attached hydrogen (secondary N) is 1. The number of carbonyl (C=O) groups is 2. The number of anilines is 1. The third-order valence-electron chi connectivity index (χ3n) is 4.24. The zero-order valence-corrected chi connectivity index (χ0v) is 16.0. The molecule has 0 fully saturated rings. The van der Waals surface area contributed by atoms with Crippen LogP contribution in [0.1, 0.15) is 12.5 Å². The minimum Gasteiger partial charge on any atom is -0.497 e. The number of ether oxygens (including phenoxy) is 2. The van der Waals surface area contributed by atoms with Gasteiger partial charge in [0.25, 0.3) is 0 Å². The molecule has 2 rings (SSSR count). The second-order valence-electron chi connectivity index (χ2n) is 6.26. The minimum absolute atomic E-state index is 0.245. The Kier molecular flexibility index (Phi) is 7.67. The summed E-state index contributed by atoms with van der Waals surface area (Å²) in [4.78, 5) is 26.1. The molecule has 27 heavy (non-hydrogen) atoms. The van der Waals surface area contributed by atoms with Crippen LogP contribution in [0.25, 0.3) is 0 Å². The van der Waals surface area contributed by atoms with E-state index in [4.69, 9.17) is 9.47 Å². The smallest absolute Gasteiger partial charge is 0.321 e. The van der Waals surface area contributed by atoms with Crippen molar-refractivity contribution < 1.29 is 19.1 Å². The number of rotatable bonds is 8. The molecule has 0 aromatic heterocycles. The van der Waals surface area contributed by atoms with Crippen molar-refractivity contribution >= 4 is 17.7 Å². The van der Waals surface area contributed by atoms with Crippen LogP contribution in [0.2, 0.25) is 0 Å². The van der Waals surface area contributed by atoms with Crippen LogP contribution in [0.4, 0.5) is 10.5 Å². The molecule has 1 atom stereocenters. The van der Waals surface area contributed by atoms with Gasteiger partial charge in [0.2, 0.25) is 0 Å². The SMILES string of the molecule is COC(=O)C(C)CN(CCc1ccc(OC)cc1)C(=O)Nc1ccccc1. The highest BCUT2D eigenvalue weighted by atomic mass is 16.5. The average molecular weight is 370 g/mol. The standard InChI is InChI=1S/C21H26N2O4/c1-16(20(24)27-3)15-23(21(25)22-18-7-5-4-6-8-18)14-13-17-9-11-19(26-2)12-10-17/h4-12,16H,13-15H2,1-3H3,(H,22,25). The summed E-state index contributed by atoms with van der Waals surface area (Å²) in [6, 6.07) is 16.7. The van der Waals surface area contributed by atoms with Crippen LogP contribution >= 0.6 is 0 Å². The Bertz CT molecular complexity index is 732. The fourth-order valence-electron chi connectivity index (χ4n) is 2.66. The molecule has 2 aromatic carbocycles. The molecule has 0 aliphatic carbocycles. The summed E-state index contributed by atoms with van der Waals surface area (Å²) in [5, 5.41) is 2.87. The van der Waals surface area contributed by atoms with Gasteiger partial charge in [0.05, 0.1) is 20.1 Å². The zero-order chi connectivity index (χ0) is 19.6. The zero-order valence-electron chi connectivity index (χ0n) is 16.0. The summed E-state index contributed by atoms with van der Waals surface area (Å²) in [5.41, 5.74) is 1.79. The molecular weight excluding hydrogens is 344 g/mol. The lowest BCUT2D eigenvalue weighted by atomic mass is 10.1. The Balaban J connectivity index is 2.05. The maximum absolute atomic E-state index is 12.7. The molecule has 6 heteroatoms. The normalized spacial score (nSPS) is 11.4. The van der Waals surface area contributed by atoms with E-state index in [-0.39, 0.29) is 18.5 Å². The molecule has 1 unspecified atom stereocenters. The molecule has 2 amide bonds. The van der Waals surface area contributed by atoms with Crippen LogP contribution in [-0.4, -0.2) is 44.2 Å². The van der Waals surface area contributed by atoms with Gasteiger partial charge in [-0.3, -0.25) is 4.79 Å². The number of hydrogen-bond donors (Lipinski definition) is 1. The van der Waals surface area contributed by atoms with Crippen molar-refractivity contribution in [2.75, 3.05) is 32.6 Å². The van der Waals surface area contributed by atoms with Gasteiger partial charge >= 0.3 is 12.0 Å². The second kappa shape index (κ2) is 10.2. The number of methoxy groups -OCH3 is 2. The van der Waals surface area contributed by atoms with Crippen LogP contribution in [0.15, 0.2) is 54.6 Å². The number of hydrogen-bond acceptors (Lipinski definition) is 4. The highest BCUT2D eigenvalue weighted by molar-refractivity contribution is 5.89. The molecule has 0 saturated carbocycles. The number of urea groups is 1. The van der Waals surface area contributed by atoms with Crippen LogP contribution in [-0.2, 0) is 16.0 Å². The largest absolute Gasteiger partial charge is 0.497 e. The Labute approximate surface area is 160 Å². The number of carbonyl (C=O) groups excluding carboxylic acids is 2. The first-order valence-corrected chi connectivity index (χ1v) is 8.85. The number of nitrogens with zero attached hydrogens (tertiary/aromatic N) is 1. The summed E-state index contributed by atoms with van der Waals surface area (Å²) < 4.78 is 9.95. The summed E-state index contributed by atoms with van der Waals surface area (Å²) >= 11 is 0. The summed E-state index contributed by atoms with van der Waals surface area (Å²) in [5.74, 6) is 0.0427. The van der Waals surface area contributed by atoms with Crippen molar-refractivity contribution in [3.8, 4) is 5.75 Å². The first-order valence-electron chi connectivity index (χ1n) is 8.85. The van der Waals surface area contributed by atoms with Crippen LogP contribution < -0.4 is 10.1 Å². The lowest BCUT2D eigenvalue weighted by molar-refractivity contribution is -0.145. The number of benzene rings is 2. The van der Waals surface area contributed by atoms with Crippen LogP contribution in [0.3, 0.4) is 0 Å². The van der Waals surface area contributed by atoms with Gasteiger partial charge in [-0.15, -0.1) is 0 Å². The molecule has 144 valence electrons. The quantitative estimate of drug-likeness (QED) is 0.721. The highest BCUT2D eigenvalue weighted by Gasteiger charge is 2.21. The maximum Gasteiger partial charge on any atom is 0.321 e. The van der Waals surface area contributed by atoms with Gasteiger partial charge in [-0.1, -0.05) is 37.3 Å². The molecule has 0 bridgehead atoms. The number of amides is 2. The Morgan fingerprint density at radius 2 is 1.70 bits per heavy atom. The summed E-state index contributed by atoms with van der Waals surface area (Å²) in [6.07, 6.45) is 0.667. The fourth-order valence-corrected chi connectivity index (χ4v) is 2.66. The van der Waals surface area contributed by atoms with Crippen molar-refractivity contribution in [1.82, 2.24) is 4.90 Å². The van der Waals surface area contributed by atoms with Gasteiger partial charge in [0.1, 0.15) is 5.75 Å². The molecule has 1 N–H and O–H groups in total. The van der Waals surface area contributed by atoms with E-state index in [0.717, 1.165) is 11.3 Å². The highest BCUT2D eigenvalue weighted by Crippen LogP contribution is 2.14. The van der Waals surface area contributed by atoms with Gasteiger partial charge in [-0.05, 0) is 36.2 Å². The van der Waals surface area contributed by atoms with Crippen LogP contribution in [0.5, 0.6) is 5.75 Å². The third-order valence-corrected chi connectivity index (χ3v) is 4.24. The molecule has 0 aliphatic rings. The molecule has 0 radical (unpaired) electrons. The first kappa shape index (κ1) is 20.3. The molecule has 0 saturated heterocycles. The van der Waals surface area contributed by atoms with Gasteiger partial charge < -0.3 is 19.7 Å². The Morgan fingerprint density at radius 3 is 2.30 bits per heavy atom. The van der Waals surface area contributed by atoms with Crippen molar-refractivity contribution in [3.63, 3.8) is 0 Å². The molecule has 2 aromatic rings. The first-order chi connectivity index (χ1) is 13.0. The molecule has 0 heterocycles. The van der Waals surface area contributed by atoms with Crippen molar-refractivity contribution in [3.05, 3.63) is 60.2 Å². The van der Waals surface area contributed by atoms with Gasteiger partial charge in [-0.2, -0.15) is 0 Å². The van der Waals surface area contributed by atoms with Crippen molar-refractivity contribution in [2.24, 2.45) is 5.92 Å². The van der Waals surface area contributed by atoms with Gasteiger partial charge in [0, 0.05) is 18.8 Å². The fraction of sp³-hybridized carbons (Fsp3) is 0.333. The van der Waals surface area contributed by atoms with E-state index in [1.54, 1.807) is 18.9 Å². The number of esters is 1. The molecule has 6 nitrogen and oxygen atoms in total. The third kappa shape index (κ3) is 6.33. The molecule has 0 spiro atoms. The van der Waals surface area contributed by atoms with E-state index in [9.17, 15) is 9.59 Å². The summed E-state index contributed by atoms with van der Waals surface area (Å²) in [6.45, 7) is 2.51. The predicted octanol–water partition coefficient (Wildman–Crippen LogP) is 3.58. The molecular formula is C21H26N2O4. The van der Waals surface area contributed by atoms with E-state index in [1.807, 2.05) is 54.6 Å². The lowest BCUT2D eigenvalue weighted by Crippen LogP contribution is -2.41. The average Bonchev–Trinajstić information content (AvgIpc) is 2.71. The van der Waals surface area contributed by atoms with Gasteiger partial charge in [-0.25, -0.2) is 4.79 Å². The van der Waals surface area contributed by atoms with E-state index < -0.39 is 5.92 Å². The topological polar surface area (TPSA) is 67.9 Å². The second-order valence-corrected chi connectivity index (χ2v) is 6.26. The Morgan fingerprint density at radius 1 is 1.04 bits per heavy atom. The maximum atomic E-state index is 12.7. The summed E-state index contributed by atoms with van der Waals surface area (Å²) in [7, 11) is 2.98. The van der Waals surface area contributed by atoms with E-state index in [2.05, 4.69) is 5.32 Å². The molecule has 0 aliphatic heterocycles. The monoisotopic (exact) mass is 370 g/mol. The minimum atomic E-state index is -0.410. The Hall–Kier alpha value is -3.02. The van der Waals surface area contributed by atoms with Crippen molar-refractivity contribution in [2.45, 2.75) is 13.3 Å². The van der Waals surface area contributed by atoms with Crippen LogP contribution in [0, 0.1) is 5.92 Å². The van der Waals surface area contributed by atoms with E-state index in [0.29, 0.717) is 18.7 Å². The van der Waals surface area contributed by atoms with E-state index >= 15 is 0 Å². The predicted molar refractivity (Wildman–Crippen MR) is 105 cm³/mol. The lowest BCUT2D eigenvalue weighted by Gasteiger charge is -2.25. The van der Waals surface area contributed by atoms with E-state index in [1.165, 1.54) is 7.11 Å². The van der Waals surface area contributed by atoms with Gasteiger partial charge in [0.15, 0.2) is 0 Å². The number of para-hydroxylation sites is 1.